The predicted octanol–water partition coefficient (Wildman–Crippen LogP) is 4.59. The molecule has 2 saturated heterocycles. The number of carbonyl (C=O) groups is 1. The van der Waals surface area contributed by atoms with Gasteiger partial charge in [-0.3, -0.25) is 4.79 Å². The highest BCUT2D eigenvalue weighted by atomic mass is 19.3. The van der Waals surface area contributed by atoms with Crippen molar-refractivity contribution in [2.45, 2.75) is 37.6 Å². The fourth-order valence-electron chi connectivity index (χ4n) is 4.38. The number of halogens is 3. The van der Waals surface area contributed by atoms with Crippen LogP contribution in [-0.2, 0) is 11.3 Å². The van der Waals surface area contributed by atoms with Crippen molar-refractivity contribution in [3.05, 3.63) is 59.4 Å². The molecule has 2 aliphatic heterocycles. The predicted molar refractivity (Wildman–Crippen MR) is 109 cm³/mol. The second-order valence-corrected chi connectivity index (χ2v) is 8.00. The highest BCUT2D eigenvalue weighted by Crippen LogP contribution is 2.42. The fraction of sp³-hybridized carbons (Fsp3) is 0.435. The third kappa shape index (κ3) is 4.11. The number of alkyl halides is 2. The quantitative estimate of drug-likeness (QED) is 0.712. The molecule has 0 aromatic heterocycles. The lowest BCUT2D eigenvalue weighted by Gasteiger charge is -2.40. The summed E-state index contributed by atoms with van der Waals surface area (Å²) in [5, 5.41) is 0. The number of likely N-dealkylation sites (tertiary alicyclic amines) is 1. The average Bonchev–Trinajstić information content (AvgIpc) is 3.13. The number of methoxy groups -OCH3 is 1. The topological polar surface area (TPSA) is 32.8 Å². The van der Waals surface area contributed by atoms with Gasteiger partial charge in [0.15, 0.2) is 0 Å². The molecule has 2 aliphatic rings. The Bertz CT molecular complexity index is 917. The van der Waals surface area contributed by atoms with E-state index in [0.29, 0.717) is 37.4 Å². The molecule has 2 heterocycles. The van der Waals surface area contributed by atoms with Crippen molar-refractivity contribution in [3.8, 4) is 5.75 Å². The molecule has 30 heavy (non-hydrogen) atoms. The van der Waals surface area contributed by atoms with Crippen molar-refractivity contribution in [2.24, 2.45) is 0 Å². The summed E-state index contributed by atoms with van der Waals surface area (Å²) < 4.78 is 49.7. The molecule has 0 radical (unpaired) electrons. The van der Waals surface area contributed by atoms with Crippen LogP contribution in [0.4, 0.5) is 18.9 Å². The number of hydrogen-bond acceptors (Lipinski definition) is 3. The van der Waals surface area contributed by atoms with Gasteiger partial charge in [0.05, 0.1) is 25.3 Å². The molecule has 1 unspecified atom stereocenters. The van der Waals surface area contributed by atoms with Crippen molar-refractivity contribution in [1.82, 2.24) is 4.90 Å². The Kier molecular flexibility index (Phi) is 5.62. The summed E-state index contributed by atoms with van der Waals surface area (Å²) in [6.07, 6.45) is 1.56. The normalized spacial score (nSPS) is 21.2. The van der Waals surface area contributed by atoms with Gasteiger partial charge < -0.3 is 14.5 Å². The first-order valence-electron chi connectivity index (χ1n) is 10.2. The number of hydrogen-bond donors (Lipinski definition) is 0. The highest BCUT2D eigenvalue weighted by Gasteiger charge is 2.45. The van der Waals surface area contributed by atoms with E-state index in [1.807, 2.05) is 0 Å². The summed E-state index contributed by atoms with van der Waals surface area (Å²) in [5.74, 6) is -3.75. The van der Waals surface area contributed by atoms with Crippen molar-refractivity contribution in [2.75, 3.05) is 31.6 Å². The van der Waals surface area contributed by atoms with Crippen LogP contribution in [0.1, 0.15) is 36.3 Å². The van der Waals surface area contributed by atoms with E-state index in [1.165, 1.54) is 18.1 Å². The van der Waals surface area contributed by atoms with Crippen LogP contribution in [0.3, 0.4) is 0 Å². The summed E-state index contributed by atoms with van der Waals surface area (Å²) in [5.41, 5.74) is 1.48. The van der Waals surface area contributed by atoms with Crippen LogP contribution in [0, 0.1) is 5.82 Å². The average molecular weight is 418 g/mol. The molecule has 1 amide bonds. The van der Waals surface area contributed by atoms with Crippen LogP contribution in [0.5, 0.6) is 5.75 Å². The van der Waals surface area contributed by atoms with Crippen LogP contribution in [-0.4, -0.2) is 43.5 Å². The van der Waals surface area contributed by atoms with Crippen LogP contribution in [0.15, 0.2) is 42.5 Å². The van der Waals surface area contributed by atoms with Gasteiger partial charge in [0.2, 0.25) is 5.91 Å². The molecule has 0 aliphatic carbocycles. The SMILES string of the molecule is COc1ccc(C2CCN(c3cc(CN4CCCC4=O)ccc3F)CC2(F)F)cc1. The zero-order chi connectivity index (χ0) is 21.3. The Hall–Kier alpha value is -2.70. The third-order valence-corrected chi connectivity index (χ3v) is 6.01. The summed E-state index contributed by atoms with van der Waals surface area (Å²) in [6.45, 7) is 0.837. The van der Waals surface area contributed by atoms with Gasteiger partial charge in [-0.05, 0) is 48.2 Å². The first-order chi connectivity index (χ1) is 14.4. The number of benzene rings is 2. The van der Waals surface area contributed by atoms with E-state index in [0.717, 1.165) is 12.0 Å². The molecular weight excluding hydrogens is 393 g/mol. The summed E-state index contributed by atoms with van der Waals surface area (Å²) in [6, 6.07) is 11.2. The number of rotatable bonds is 5. The van der Waals surface area contributed by atoms with Crippen molar-refractivity contribution in [1.29, 1.82) is 0 Å². The highest BCUT2D eigenvalue weighted by molar-refractivity contribution is 5.78. The molecule has 0 bridgehead atoms. The Morgan fingerprint density at radius 3 is 2.53 bits per heavy atom. The molecule has 1 atom stereocenters. The lowest BCUT2D eigenvalue weighted by Crippen LogP contribution is -2.47. The van der Waals surface area contributed by atoms with Gasteiger partial charge in [0.25, 0.3) is 5.92 Å². The van der Waals surface area contributed by atoms with Gasteiger partial charge in [0.1, 0.15) is 11.6 Å². The van der Waals surface area contributed by atoms with E-state index < -0.39 is 24.2 Å². The lowest BCUT2D eigenvalue weighted by atomic mass is 9.86. The monoisotopic (exact) mass is 418 g/mol. The second kappa shape index (κ2) is 8.20. The van der Waals surface area contributed by atoms with Gasteiger partial charge in [-0.2, -0.15) is 0 Å². The van der Waals surface area contributed by atoms with Crippen molar-refractivity contribution in [3.63, 3.8) is 0 Å². The van der Waals surface area contributed by atoms with E-state index in [4.69, 9.17) is 4.74 Å². The fourth-order valence-corrected chi connectivity index (χ4v) is 4.38. The first-order valence-corrected chi connectivity index (χ1v) is 10.2. The zero-order valence-corrected chi connectivity index (χ0v) is 16.9. The van der Waals surface area contributed by atoms with Gasteiger partial charge in [0, 0.05) is 26.1 Å². The molecule has 0 N–H and O–H groups in total. The molecule has 4 rings (SSSR count). The Labute approximate surface area is 174 Å². The standard InChI is InChI=1S/C23H25F3N2O2/c1-30-18-7-5-17(6-8-18)19-10-12-28(15-23(19,25)26)21-13-16(4-9-20(21)24)14-27-11-2-3-22(27)29/h4-9,13,19H,2-3,10-12,14-15H2,1H3. The van der Waals surface area contributed by atoms with E-state index in [9.17, 15) is 9.18 Å². The molecule has 160 valence electrons. The maximum Gasteiger partial charge on any atom is 0.272 e. The number of piperidine rings is 1. The Balaban J connectivity index is 1.51. The Morgan fingerprint density at radius 2 is 1.90 bits per heavy atom. The van der Waals surface area contributed by atoms with E-state index in [1.54, 1.807) is 41.3 Å². The van der Waals surface area contributed by atoms with Gasteiger partial charge >= 0.3 is 0 Å². The number of amides is 1. The van der Waals surface area contributed by atoms with Crippen LogP contribution in [0.2, 0.25) is 0 Å². The van der Waals surface area contributed by atoms with Gasteiger partial charge in [-0.1, -0.05) is 18.2 Å². The molecule has 0 saturated carbocycles. The number of anilines is 1. The van der Waals surface area contributed by atoms with Gasteiger partial charge in [-0.15, -0.1) is 0 Å². The minimum absolute atomic E-state index is 0.0766. The first kappa shape index (κ1) is 20.6. The van der Waals surface area contributed by atoms with Crippen molar-refractivity contribution < 1.29 is 22.7 Å². The van der Waals surface area contributed by atoms with Crippen molar-refractivity contribution >= 4 is 11.6 Å². The summed E-state index contributed by atoms with van der Waals surface area (Å²) in [4.78, 5) is 15.0. The van der Waals surface area contributed by atoms with Crippen LogP contribution >= 0.6 is 0 Å². The minimum Gasteiger partial charge on any atom is -0.497 e. The van der Waals surface area contributed by atoms with E-state index >= 15 is 8.78 Å². The maximum absolute atomic E-state index is 15.0. The van der Waals surface area contributed by atoms with E-state index in [2.05, 4.69) is 0 Å². The maximum atomic E-state index is 15.0. The Morgan fingerprint density at radius 1 is 1.13 bits per heavy atom. The van der Waals surface area contributed by atoms with Crippen LogP contribution in [0.25, 0.3) is 0 Å². The van der Waals surface area contributed by atoms with Gasteiger partial charge in [-0.25, -0.2) is 13.2 Å². The number of carbonyl (C=O) groups excluding carboxylic acids is 1. The molecule has 2 aromatic carbocycles. The van der Waals surface area contributed by atoms with E-state index in [-0.39, 0.29) is 18.0 Å². The molecule has 4 nitrogen and oxygen atoms in total. The molecule has 2 fully saturated rings. The minimum atomic E-state index is -3.00. The zero-order valence-electron chi connectivity index (χ0n) is 16.9. The number of ether oxygens (including phenoxy) is 1. The van der Waals surface area contributed by atoms with Crippen LogP contribution < -0.4 is 9.64 Å². The molecule has 7 heteroatoms. The third-order valence-electron chi connectivity index (χ3n) is 6.01. The molecular formula is C23H25F3N2O2. The number of nitrogens with zero attached hydrogens (tertiary/aromatic N) is 2. The largest absolute Gasteiger partial charge is 0.497 e. The smallest absolute Gasteiger partial charge is 0.272 e. The lowest BCUT2D eigenvalue weighted by molar-refractivity contribution is -0.128. The molecule has 0 spiro atoms. The second-order valence-electron chi connectivity index (χ2n) is 8.00. The summed E-state index contributed by atoms with van der Waals surface area (Å²) >= 11 is 0. The molecule has 2 aromatic rings. The summed E-state index contributed by atoms with van der Waals surface area (Å²) in [7, 11) is 1.53.